The third-order valence-electron chi connectivity index (χ3n) is 3.74. The van der Waals surface area contributed by atoms with Gasteiger partial charge in [0.1, 0.15) is 0 Å². The lowest BCUT2D eigenvalue weighted by Crippen LogP contribution is -2.06. The summed E-state index contributed by atoms with van der Waals surface area (Å²) in [6.45, 7) is 1.91. The van der Waals surface area contributed by atoms with Crippen LogP contribution >= 0.6 is 0 Å². The van der Waals surface area contributed by atoms with Gasteiger partial charge in [-0.25, -0.2) is 8.78 Å². The predicted molar refractivity (Wildman–Crippen MR) is 63.2 cm³/mol. The molecule has 2 rings (SSSR count). The maximum Gasteiger partial charge on any atom is 0.306 e. The van der Waals surface area contributed by atoms with Gasteiger partial charge in [-0.2, -0.15) is 0 Å². The van der Waals surface area contributed by atoms with Gasteiger partial charge in [-0.1, -0.05) is 19.1 Å². The molecule has 1 N–H and O–H groups in total. The van der Waals surface area contributed by atoms with Crippen LogP contribution in [0.1, 0.15) is 37.7 Å². The van der Waals surface area contributed by atoms with Gasteiger partial charge in [0, 0.05) is 0 Å². The topological polar surface area (TPSA) is 37.3 Å². The van der Waals surface area contributed by atoms with E-state index in [0.717, 1.165) is 6.07 Å². The molecule has 0 radical (unpaired) electrons. The van der Waals surface area contributed by atoms with Gasteiger partial charge in [-0.05, 0) is 42.7 Å². The van der Waals surface area contributed by atoms with Crippen LogP contribution in [0.15, 0.2) is 18.2 Å². The fourth-order valence-electron chi connectivity index (χ4n) is 2.53. The highest BCUT2D eigenvalue weighted by molar-refractivity contribution is 5.73. The first-order chi connectivity index (χ1) is 8.54. The summed E-state index contributed by atoms with van der Waals surface area (Å²) in [6.07, 6.45) is 1.96. The fraction of sp³-hybridized carbons (Fsp3) is 0.500. The van der Waals surface area contributed by atoms with Crippen molar-refractivity contribution in [3.05, 3.63) is 35.4 Å². The van der Waals surface area contributed by atoms with Crippen LogP contribution in [0.25, 0.3) is 0 Å². The molecule has 4 heteroatoms. The Bertz CT molecular complexity index is 459. The number of benzene rings is 1. The smallest absolute Gasteiger partial charge is 0.306 e. The van der Waals surface area contributed by atoms with Crippen LogP contribution in [0.5, 0.6) is 0 Å². The van der Waals surface area contributed by atoms with Crippen molar-refractivity contribution < 1.29 is 18.7 Å². The molecule has 1 fully saturated rings. The van der Waals surface area contributed by atoms with E-state index in [2.05, 4.69) is 0 Å². The number of carbonyl (C=O) groups is 1. The average Bonchev–Trinajstić information content (AvgIpc) is 3.09. The van der Waals surface area contributed by atoms with E-state index in [-0.39, 0.29) is 17.8 Å². The normalized spacial score (nSPS) is 23.7. The lowest BCUT2D eigenvalue weighted by molar-refractivity contribution is -0.138. The highest BCUT2D eigenvalue weighted by Crippen LogP contribution is 2.46. The summed E-state index contributed by atoms with van der Waals surface area (Å²) in [5, 5.41) is 8.84. The molecule has 18 heavy (non-hydrogen) atoms. The third kappa shape index (κ3) is 2.52. The Hall–Kier alpha value is -1.45. The van der Waals surface area contributed by atoms with Crippen molar-refractivity contribution in [1.82, 2.24) is 0 Å². The Morgan fingerprint density at radius 3 is 2.78 bits per heavy atom. The van der Waals surface area contributed by atoms with Crippen LogP contribution in [-0.4, -0.2) is 11.1 Å². The predicted octanol–water partition coefficient (Wildman–Crippen LogP) is 3.57. The molecule has 0 spiro atoms. The van der Waals surface area contributed by atoms with Gasteiger partial charge < -0.3 is 5.11 Å². The SMILES string of the molecule is CCC(CC1CC1C(=O)O)c1cccc(F)c1F. The van der Waals surface area contributed by atoms with Gasteiger partial charge in [-0.3, -0.25) is 4.79 Å². The number of hydrogen-bond donors (Lipinski definition) is 1. The van der Waals surface area contributed by atoms with Gasteiger partial charge in [0.15, 0.2) is 11.6 Å². The van der Waals surface area contributed by atoms with Crippen molar-refractivity contribution in [2.75, 3.05) is 0 Å². The maximum absolute atomic E-state index is 13.7. The Kier molecular flexibility index (Phi) is 3.64. The van der Waals surface area contributed by atoms with E-state index in [1.54, 1.807) is 6.07 Å². The number of aliphatic carboxylic acids is 1. The van der Waals surface area contributed by atoms with E-state index < -0.39 is 17.6 Å². The minimum Gasteiger partial charge on any atom is -0.481 e. The van der Waals surface area contributed by atoms with Crippen LogP contribution < -0.4 is 0 Å². The summed E-state index contributed by atoms with van der Waals surface area (Å²) < 4.78 is 26.8. The highest BCUT2D eigenvalue weighted by Gasteiger charge is 2.44. The zero-order valence-corrected chi connectivity index (χ0v) is 10.2. The number of rotatable bonds is 5. The maximum atomic E-state index is 13.7. The van der Waals surface area contributed by atoms with E-state index in [9.17, 15) is 13.6 Å². The van der Waals surface area contributed by atoms with Crippen LogP contribution in [-0.2, 0) is 4.79 Å². The van der Waals surface area contributed by atoms with Crippen LogP contribution in [0, 0.1) is 23.5 Å². The second-order valence-electron chi connectivity index (χ2n) is 4.92. The summed E-state index contributed by atoms with van der Waals surface area (Å²) in [5.74, 6) is -2.70. The van der Waals surface area contributed by atoms with E-state index in [1.165, 1.54) is 6.07 Å². The fourth-order valence-corrected chi connectivity index (χ4v) is 2.53. The van der Waals surface area contributed by atoms with Gasteiger partial charge >= 0.3 is 5.97 Å². The third-order valence-corrected chi connectivity index (χ3v) is 3.74. The second-order valence-corrected chi connectivity index (χ2v) is 4.92. The summed E-state index contributed by atoms with van der Waals surface area (Å²) in [7, 11) is 0. The highest BCUT2D eigenvalue weighted by atomic mass is 19.2. The molecule has 0 aromatic heterocycles. The molecule has 1 saturated carbocycles. The number of hydrogen-bond acceptors (Lipinski definition) is 1. The van der Waals surface area contributed by atoms with E-state index in [1.807, 2.05) is 6.92 Å². The zero-order valence-electron chi connectivity index (χ0n) is 10.2. The number of carboxylic acids is 1. The molecular formula is C14H16F2O2. The zero-order chi connectivity index (χ0) is 13.3. The van der Waals surface area contributed by atoms with Crippen LogP contribution in [0.4, 0.5) is 8.78 Å². The number of halogens is 2. The Labute approximate surface area is 105 Å². The molecule has 1 aliphatic carbocycles. The average molecular weight is 254 g/mol. The molecule has 0 amide bonds. The standard InChI is InChI=1S/C14H16F2O2/c1-2-8(6-9-7-11(9)14(17)18)10-4-3-5-12(15)13(10)16/h3-5,8-9,11H,2,6-7H2,1H3,(H,17,18). The molecule has 3 unspecified atom stereocenters. The lowest BCUT2D eigenvalue weighted by atomic mass is 9.90. The van der Waals surface area contributed by atoms with Crippen molar-refractivity contribution in [1.29, 1.82) is 0 Å². The summed E-state index contributed by atoms with van der Waals surface area (Å²) >= 11 is 0. The number of carboxylic acid groups (broad SMARTS) is 1. The first-order valence-corrected chi connectivity index (χ1v) is 6.21. The molecule has 0 heterocycles. The largest absolute Gasteiger partial charge is 0.481 e. The molecule has 0 aliphatic heterocycles. The van der Waals surface area contributed by atoms with Gasteiger partial charge in [0.05, 0.1) is 5.92 Å². The second kappa shape index (κ2) is 5.04. The molecule has 0 bridgehead atoms. The van der Waals surface area contributed by atoms with Crippen molar-refractivity contribution in [2.24, 2.45) is 11.8 Å². The van der Waals surface area contributed by atoms with E-state index in [4.69, 9.17) is 5.11 Å². The molecular weight excluding hydrogens is 238 g/mol. The van der Waals surface area contributed by atoms with Gasteiger partial charge in [0.25, 0.3) is 0 Å². The molecule has 0 saturated heterocycles. The molecule has 1 aliphatic rings. The molecule has 3 atom stereocenters. The Balaban J connectivity index is 2.10. The van der Waals surface area contributed by atoms with Crippen molar-refractivity contribution >= 4 is 5.97 Å². The monoisotopic (exact) mass is 254 g/mol. The lowest BCUT2D eigenvalue weighted by Gasteiger charge is -2.16. The van der Waals surface area contributed by atoms with Crippen molar-refractivity contribution in [3.8, 4) is 0 Å². The van der Waals surface area contributed by atoms with Crippen LogP contribution in [0.3, 0.4) is 0 Å². The minimum atomic E-state index is -0.837. The summed E-state index contributed by atoms with van der Waals surface area (Å²) in [5.41, 5.74) is 0.369. The molecule has 1 aromatic rings. The van der Waals surface area contributed by atoms with Crippen molar-refractivity contribution in [2.45, 2.75) is 32.1 Å². The van der Waals surface area contributed by atoms with E-state index >= 15 is 0 Å². The minimum absolute atomic E-state index is 0.102. The molecule has 2 nitrogen and oxygen atoms in total. The Morgan fingerprint density at radius 2 is 2.22 bits per heavy atom. The van der Waals surface area contributed by atoms with Gasteiger partial charge in [0.2, 0.25) is 0 Å². The van der Waals surface area contributed by atoms with Crippen molar-refractivity contribution in [3.63, 3.8) is 0 Å². The Morgan fingerprint density at radius 1 is 1.50 bits per heavy atom. The summed E-state index contributed by atoms with van der Waals surface area (Å²) in [4.78, 5) is 10.8. The quantitative estimate of drug-likeness (QED) is 0.872. The molecule has 1 aromatic carbocycles. The first kappa shape index (κ1) is 13.0. The molecule has 98 valence electrons. The van der Waals surface area contributed by atoms with E-state index in [0.29, 0.717) is 24.8 Å². The van der Waals surface area contributed by atoms with Crippen LogP contribution in [0.2, 0.25) is 0 Å². The van der Waals surface area contributed by atoms with Gasteiger partial charge in [-0.15, -0.1) is 0 Å². The summed E-state index contributed by atoms with van der Waals surface area (Å²) in [6, 6.07) is 4.19. The first-order valence-electron chi connectivity index (χ1n) is 6.21.